The summed E-state index contributed by atoms with van der Waals surface area (Å²) < 4.78 is 4.91. The van der Waals surface area contributed by atoms with Crippen LogP contribution in [0.2, 0.25) is 0 Å². The van der Waals surface area contributed by atoms with Gasteiger partial charge in [0.2, 0.25) is 5.91 Å². The summed E-state index contributed by atoms with van der Waals surface area (Å²) in [4.78, 5) is 25.2. The Hall–Kier alpha value is -2.08. The van der Waals surface area contributed by atoms with Crippen molar-refractivity contribution in [2.45, 2.75) is 12.8 Å². The number of cyclic esters (lactones) is 1. The van der Waals surface area contributed by atoms with Gasteiger partial charge in [-0.3, -0.25) is 9.69 Å². The van der Waals surface area contributed by atoms with Gasteiger partial charge in [0.25, 0.3) is 0 Å². The monoisotopic (exact) mass is 275 g/mol. The lowest BCUT2D eigenvalue weighted by molar-refractivity contribution is -0.120. The number of benzene rings is 1. The van der Waals surface area contributed by atoms with E-state index < -0.39 is 0 Å². The highest BCUT2D eigenvalue weighted by atomic mass is 16.6. The van der Waals surface area contributed by atoms with Gasteiger partial charge in [0.15, 0.2) is 0 Å². The number of nitrogens with one attached hydrogen (secondary N) is 1. The predicted molar refractivity (Wildman–Crippen MR) is 74.5 cm³/mol. The minimum atomic E-state index is -0.386. The van der Waals surface area contributed by atoms with Crippen LogP contribution in [0.15, 0.2) is 24.3 Å². The van der Waals surface area contributed by atoms with E-state index in [0.717, 1.165) is 18.5 Å². The molecule has 3 N–H and O–H groups in total. The van der Waals surface area contributed by atoms with Crippen LogP contribution in [0.4, 0.5) is 16.2 Å². The fourth-order valence-electron chi connectivity index (χ4n) is 2.32. The molecule has 1 heterocycles. The normalized spacial score (nSPS) is 19.6. The van der Waals surface area contributed by atoms with Gasteiger partial charge in [0.1, 0.15) is 6.61 Å². The van der Waals surface area contributed by atoms with Gasteiger partial charge in [0, 0.05) is 17.9 Å². The van der Waals surface area contributed by atoms with Crippen LogP contribution in [0, 0.1) is 5.41 Å². The van der Waals surface area contributed by atoms with Crippen molar-refractivity contribution >= 4 is 23.4 Å². The third-order valence-electron chi connectivity index (χ3n) is 3.90. The Morgan fingerprint density at radius 1 is 1.45 bits per heavy atom. The van der Waals surface area contributed by atoms with E-state index in [-0.39, 0.29) is 17.4 Å². The Labute approximate surface area is 116 Å². The minimum Gasteiger partial charge on any atom is -0.447 e. The molecule has 0 bridgehead atoms. The summed E-state index contributed by atoms with van der Waals surface area (Å²) in [5.74, 6) is -0.0406. The Morgan fingerprint density at radius 3 is 2.85 bits per heavy atom. The minimum absolute atomic E-state index is 0.0406. The van der Waals surface area contributed by atoms with E-state index in [1.54, 1.807) is 23.1 Å². The number of ether oxygens (including phenoxy) is 1. The topological polar surface area (TPSA) is 84.7 Å². The van der Waals surface area contributed by atoms with Crippen LogP contribution in [0.5, 0.6) is 0 Å². The van der Waals surface area contributed by atoms with Crippen molar-refractivity contribution in [1.82, 2.24) is 0 Å². The zero-order valence-corrected chi connectivity index (χ0v) is 11.1. The van der Waals surface area contributed by atoms with Gasteiger partial charge >= 0.3 is 6.09 Å². The maximum absolute atomic E-state index is 12.1. The van der Waals surface area contributed by atoms with Crippen molar-refractivity contribution in [2.24, 2.45) is 11.1 Å². The van der Waals surface area contributed by atoms with Crippen molar-refractivity contribution in [3.05, 3.63) is 24.3 Å². The average Bonchev–Trinajstić information content (AvgIpc) is 3.15. The highest BCUT2D eigenvalue weighted by Gasteiger charge is 2.48. The van der Waals surface area contributed by atoms with Crippen molar-refractivity contribution in [1.29, 1.82) is 0 Å². The average molecular weight is 275 g/mol. The third-order valence-corrected chi connectivity index (χ3v) is 3.90. The summed E-state index contributed by atoms with van der Waals surface area (Å²) >= 11 is 0. The molecule has 1 aromatic carbocycles. The molecular formula is C14H17N3O3. The number of rotatable bonds is 4. The molecular weight excluding hydrogens is 258 g/mol. The van der Waals surface area contributed by atoms with Gasteiger partial charge < -0.3 is 15.8 Å². The van der Waals surface area contributed by atoms with E-state index in [1.165, 1.54) is 0 Å². The molecule has 1 saturated heterocycles. The summed E-state index contributed by atoms with van der Waals surface area (Å²) in [6.45, 7) is 1.30. The number of carbonyl (C=O) groups excluding carboxylic acids is 2. The van der Waals surface area contributed by atoms with Gasteiger partial charge in [-0.05, 0) is 31.0 Å². The van der Waals surface area contributed by atoms with Gasteiger partial charge in [0.05, 0.1) is 12.0 Å². The highest BCUT2D eigenvalue weighted by molar-refractivity contribution is 5.98. The van der Waals surface area contributed by atoms with E-state index in [4.69, 9.17) is 10.5 Å². The molecule has 1 aromatic rings. The quantitative estimate of drug-likeness (QED) is 0.868. The molecule has 2 fully saturated rings. The van der Waals surface area contributed by atoms with Gasteiger partial charge in [-0.1, -0.05) is 6.07 Å². The van der Waals surface area contributed by atoms with Crippen LogP contribution in [-0.2, 0) is 9.53 Å². The van der Waals surface area contributed by atoms with E-state index >= 15 is 0 Å². The van der Waals surface area contributed by atoms with E-state index in [9.17, 15) is 9.59 Å². The molecule has 0 unspecified atom stereocenters. The molecule has 0 atom stereocenters. The van der Waals surface area contributed by atoms with Crippen LogP contribution >= 0.6 is 0 Å². The van der Waals surface area contributed by atoms with Crippen molar-refractivity contribution < 1.29 is 14.3 Å². The zero-order chi connectivity index (χ0) is 14.2. The second kappa shape index (κ2) is 4.79. The third kappa shape index (κ3) is 2.22. The number of hydrogen-bond donors (Lipinski definition) is 2. The van der Waals surface area contributed by atoms with E-state index in [2.05, 4.69) is 5.32 Å². The van der Waals surface area contributed by atoms with Crippen LogP contribution in [0.25, 0.3) is 0 Å². The standard InChI is InChI=1S/C14H17N3O3/c15-9-14(4-5-14)12(18)16-10-2-1-3-11(8-10)17-6-7-20-13(17)19/h1-3,8H,4-7,9,15H2,(H,16,18). The fraction of sp³-hybridized carbons (Fsp3) is 0.429. The zero-order valence-electron chi connectivity index (χ0n) is 11.1. The molecule has 0 spiro atoms. The lowest BCUT2D eigenvalue weighted by Gasteiger charge is -2.16. The molecule has 20 heavy (non-hydrogen) atoms. The lowest BCUT2D eigenvalue weighted by atomic mass is 10.1. The molecule has 3 rings (SSSR count). The molecule has 2 amide bonds. The molecule has 1 aliphatic carbocycles. The number of hydrogen-bond acceptors (Lipinski definition) is 4. The molecule has 0 aromatic heterocycles. The van der Waals surface area contributed by atoms with Gasteiger partial charge in [-0.15, -0.1) is 0 Å². The molecule has 2 aliphatic rings. The Kier molecular flexibility index (Phi) is 3.10. The molecule has 1 aliphatic heterocycles. The summed E-state index contributed by atoms with van der Waals surface area (Å²) in [5, 5.41) is 2.88. The summed E-state index contributed by atoms with van der Waals surface area (Å²) in [5.41, 5.74) is 6.65. The second-order valence-corrected chi connectivity index (χ2v) is 5.25. The summed E-state index contributed by atoms with van der Waals surface area (Å²) in [7, 11) is 0. The number of nitrogens with zero attached hydrogens (tertiary/aromatic N) is 1. The first-order valence-electron chi connectivity index (χ1n) is 6.70. The molecule has 0 radical (unpaired) electrons. The SMILES string of the molecule is NCC1(C(=O)Nc2cccc(N3CCOC3=O)c2)CC1. The molecule has 106 valence electrons. The van der Waals surface area contributed by atoms with Crippen LogP contribution in [-0.4, -0.2) is 31.7 Å². The van der Waals surface area contributed by atoms with Crippen molar-refractivity contribution in [2.75, 3.05) is 29.9 Å². The molecule has 6 heteroatoms. The first kappa shape index (κ1) is 12.9. The first-order chi connectivity index (χ1) is 9.64. The Bertz CT molecular complexity index is 554. The maximum Gasteiger partial charge on any atom is 0.414 e. The first-order valence-corrected chi connectivity index (χ1v) is 6.70. The number of nitrogens with two attached hydrogens (primary N) is 1. The second-order valence-electron chi connectivity index (χ2n) is 5.25. The smallest absolute Gasteiger partial charge is 0.414 e. The van der Waals surface area contributed by atoms with Gasteiger partial charge in [-0.25, -0.2) is 4.79 Å². The summed E-state index contributed by atoms with van der Waals surface area (Å²) in [6.07, 6.45) is 1.33. The maximum atomic E-state index is 12.1. The molecule has 6 nitrogen and oxygen atoms in total. The largest absolute Gasteiger partial charge is 0.447 e. The Balaban J connectivity index is 1.74. The van der Waals surface area contributed by atoms with Crippen molar-refractivity contribution in [3.63, 3.8) is 0 Å². The molecule has 1 saturated carbocycles. The highest BCUT2D eigenvalue weighted by Crippen LogP contribution is 2.45. The van der Waals surface area contributed by atoms with Crippen molar-refractivity contribution in [3.8, 4) is 0 Å². The van der Waals surface area contributed by atoms with Crippen LogP contribution < -0.4 is 16.0 Å². The predicted octanol–water partition coefficient (Wildman–Crippen LogP) is 1.32. The van der Waals surface area contributed by atoms with E-state index in [0.29, 0.717) is 25.4 Å². The Morgan fingerprint density at radius 2 is 2.25 bits per heavy atom. The van der Waals surface area contributed by atoms with Crippen LogP contribution in [0.3, 0.4) is 0 Å². The van der Waals surface area contributed by atoms with Crippen LogP contribution in [0.1, 0.15) is 12.8 Å². The fourth-order valence-corrected chi connectivity index (χ4v) is 2.32. The van der Waals surface area contributed by atoms with Gasteiger partial charge in [-0.2, -0.15) is 0 Å². The van der Waals surface area contributed by atoms with E-state index in [1.807, 2.05) is 6.07 Å². The lowest BCUT2D eigenvalue weighted by Crippen LogP contribution is -2.31. The number of anilines is 2. The summed E-state index contributed by atoms with van der Waals surface area (Å²) in [6, 6.07) is 7.20. The number of carbonyl (C=O) groups is 2. The number of amides is 2.